The van der Waals surface area contributed by atoms with Crippen molar-refractivity contribution in [1.82, 2.24) is 0 Å². The smallest absolute Gasteiger partial charge is 0.324 e. The zero-order chi connectivity index (χ0) is 9.47. The summed E-state index contributed by atoms with van der Waals surface area (Å²) in [6.07, 6.45) is 4.56. The van der Waals surface area contributed by atoms with Crippen LogP contribution in [-0.2, 0) is 4.79 Å². The average molecular weight is 179 g/mol. The second-order valence-corrected chi connectivity index (χ2v) is 4.45. The summed E-state index contributed by atoms with van der Waals surface area (Å²) >= 11 is 0. The van der Waals surface area contributed by atoms with Crippen molar-refractivity contribution in [2.24, 2.45) is 17.3 Å². The molecule has 0 aliphatic heterocycles. The van der Waals surface area contributed by atoms with E-state index in [1.54, 1.807) is 0 Å². The highest BCUT2D eigenvalue weighted by atomic mass is 16.4. The summed E-state index contributed by atoms with van der Waals surface area (Å²) in [5.74, 6) is 0.0793. The Kier molecular flexibility index (Phi) is 1.80. The summed E-state index contributed by atoms with van der Waals surface area (Å²) in [4.78, 5) is 11.0. The van der Waals surface area contributed by atoms with Gasteiger partial charge in [-0.3, -0.25) is 4.79 Å². The first kappa shape index (κ1) is 8.55. The van der Waals surface area contributed by atoms with Crippen LogP contribution in [0.3, 0.4) is 0 Å². The first-order chi connectivity index (χ1) is 6.16. The number of aliphatic carboxylic acids is 1. The van der Waals surface area contributed by atoms with Gasteiger partial charge in [-0.15, -0.1) is 0 Å². The molecule has 2 bridgehead atoms. The number of carboxylic acid groups (broad SMARTS) is 1. The van der Waals surface area contributed by atoms with Crippen LogP contribution in [0.15, 0.2) is 0 Å². The molecule has 2 fully saturated rings. The lowest BCUT2D eigenvalue weighted by molar-refractivity contribution is -0.148. The third-order valence-electron chi connectivity index (χ3n) is 3.55. The number of nitrogens with zero attached hydrogens (tertiary/aromatic N) is 1. The maximum absolute atomic E-state index is 11.0. The molecule has 2 rings (SSSR count). The lowest BCUT2D eigenvalue weighted by atomic mass is 9.70. The topological polar surface area (TPSA) is 61.1 Å². The van der Waals surface area contributed by atoms with E-state index in [9.17, 15) is 4.79 Å². The molecule has 0 radical (unpaired) electrons. The van der Waals surface area contributed by atoms with E-state index in [2.05, 4.69) is 0 Å². The van der Waals surface area contributed by atoms with E-state index < -0.39 is 11.4 Å². The molecule has 2 aliphatic rings. The molecule has 0 amide bonds. The minimum Gasteiger partial charge on any atom is -0.480 e. The number of hydrogen-bond donors (Lipinski definition) is 1. The van der Waals surface area contributed by atoms with Crippen molar-refractivity contribution in [1.29, 1.82) is 5.26 Å². The normalized spacial score (nSPS) is 42.7. The summed E-state index contributed by atoms with van der Waals surface area (Å²) in [6.45, 7) is 0. The minimum absolute atomic E-state index is 0.495. The van der Waals surface area contributed by atoms with Gasteiger partial charge in [-0.05, 0) is 31.1 Å². The Bertz CT molecular complexity index is 267. The molecule has 2 aliphatic carbocycles. The second-order valence-electron chi connectivity index (χ2n) is 4.45. The van der Waals surface area contributed by atoms with Crippen LogP contribution in [0.4, 0.5) is 0 Å². The molecule has 3 heteroatoms. The van der Waals surface area contributed by atoms with Crippen LogP contribution in [0.5, 0.6) is 0 Å². The van der Waals surface area contributed by atoms with Crippen molar-refractivity contribution in [3.05, 3.63) is 0 Å². The van der Waals surface area contributed by atoms with E-state index >= 15 is 0 Å². The van der Waals surface area contributed by atoms with Crippen LogP contribution < -0.4 is 0 Å². The first-order valence-corrected chi connectivity index (χ1v) is 4.81. The predicted octanol–water partition coefficient (Wildman–Crippen LogP) is 1.79. The largest absolute Gasteiger partial charge is 0.480 e. The van der Waals surface area contributed by atoms with E-state index in [0.29, 0.717) is 24.7 Å². The number of carbonyl (C=O) groups is 1. The van der Waals surface area contributed by atoms with E-state index in [-0.39, 0.29) is 0 Å². The standard InChI is InChI=1S/C10H13NO2/c11-6-10(9(12)13)4-7-1-2-8(3-7)5-10/h7-8H,1-5H2,(H,12,13)/t7-,8+,10?. The zero-order valence-corrected chi connectivity index (χ0v) is 7.49. The fourth-order valence-electron chi connectivity index (χ4n) is 2.93. The fourth-order valence-corrected chi connectivity index (χ4v) is 2.93. The lowest BCUT2D eigenvalue weighted by Gasteiger charge is -2.31. The van der Waals surface area contributed by atoms with Crippen molar-refractivity contribution >= 4 is 5.97 Å². The van der Waals surface area contributed by atoms with E-state index in [1.165, 1.54) is 0 Å². The molecule has 13 heavy (non-hydrogen) atoms. The molecule has 2 saturated carbocycles. The minimum atomic E-state index is -1.05. The molecule has 0 aromatic rings. The molecule has 70 valence electrons. The molecule has 1 N–H and O–H groups in total. The maximum atomic E-state index is 11.0. The van der Waals surface area contributed by atoms with Gasteiger partial charge in [-0.25, -0.2) is 0 Å². The summed E-state index contributed by atoms with van der Waals surface area (Å²) in [6, 6.07) is 2.02. The van der Waals surface area contributed by atoms with Gasteiger partial charge in [0.1, 0.15) is 0 Å². The third-order valence-corrected chi connectivity index (χ3v) is 3.55. The van der Waals surface area contributed by atoms with Gasteiger partial charge in [0.25, 0.3) is 0 Å². The summed E-state index contributed by atoms with van der Waals surface area (Å²) in [5.41, 5.74) is -1.05. The van der Waals surface area contributed by atoms with Gasteiger partial charge in [-0.2, -0.15) is 5.26 Å². The maximum Gasteiger partial charge on any atom is 0.324 e. The van der Waals surface area contributed by atoms with Gasteiger partial charge < -0.3 is 5.11 Å². The van der Waals surface area contributed by atoms with Crippen LogP contribution in [0.25, 0.3) is 0 Å². The Balaban J connectivity index is 2.25. The molecular weight excluding hydrogens is 166 g/mol. The van der Waals surface area contributed by atoms with Crippen molar-refractivity contribution in [2.45, 2.75) is 32.1 Å². The van der Waals surface area contributed by atoms with Gasteiger partial charge in [-0.1, -0.05) is 12.8 Å². The van der Waals surface area contributed by atoms with Crippen LogP contribution in [0, 0.1) is 28.6 Å². The Morgan fingerprint density at radius 1 is 1.38 bits per heavy atom. The molecule has 0 spiro atoms. The number of hydrogen-bond acceptors (Lipinski definition) is 2. The quantitative estimate of drug-likeness (QED) is 0.667. The Morgan fingerprint density at radius 3 is 2.31 bits per heavy atom. The zero-order valence-electron chi connectivity index (χ0n) is 7.49. The van der Waals surface area contributed by atoms with E-state index in [4.69, 9.17) is 10.4 Å². The first-order valence-electron chi connectivity index (χ1n) is 4.81. The predicted molar refractivity (Wildman–Crippen MR) is 45.7 cm³/mol. The fraction of sp³-hybridized carbons (Fsp3) is 0.800. The van der Waals surface area contributed by atoms with Crippen LogP contribution in [-0.4, -0.2) is 11.1 Å². The monoisotopic (exact) mass is 179 g/mol. The van der Waals surface area contributed by atoms with Crippen molar-refractivity contribution < 1.29 is 9.90 Å². The van der Waals surface area contributed by atoms with E-state index in [1.807, 2.05) is 6.07 Å². The number of carboxylic acids is 1. The third kappa shape index (κ3) is 1.21. The number of rotatable bonds is 1. The molecule has 1 unspecified atom stereocenters. The molecule has 0 aromatic carbocycles. The summed E-state index contributed by atoms with van der Waals surface area (Å²) in [5, 5.41) is 18.0. The van der Waals surface area contributed by atoms with Gasteiger partial charge >= 0.3 is 5.97 Å². The van der Waals surface area contributed by atoms with Gasteiger partial charge in [0, 0.05) is 0 Å². The molecule has 0 heterocycles. The highest BCUT2D eigenvalue weighted by Gasteiger charge is 2.49. The van der Waals surface area contributed by atoms with Gasteiger partial charge in [0.05, 0.1) is 6.07 Å². The molecule has 3 nitrogen and oxygen atoms in total. The highest BCUT2D eigenvalue weighted by molar-refractivity contribution is 5.78. The summed E-state index contributed by atoms with van der Waals surface area (Å²) in [7, 11) is 0. The Hall–Kier alpha value is -1.04. The summed E-state index contributed by atoms with van der Waals surface area (Å²) < 4.78 is 0. The van der Waals surface area contributed by atoms with Crippen LogP contribution in [0.2, 0.25) is 0 Å². The second kappa shape index (κ2) is 2.73. The molecule has 0 saturated heterocycles. The van der Waals surface area contributed by atoms with Crippen molar-refractivity contribution in [3.63, 3.8) is 0 Å². The van der Waals surface area contributed by atoms with Crippen molar-refractivity contribution in [3.8, 4) is 6.07 Å². The van der Waals surface area contributed by atoms with E-state index in [0.717, 1.165) is 19.3 Å². The van der Waals surface area contributed by atoms with Crippen LogP contribution in [0.1, 0.15) is 32.1 Å². The average Bonchev–Trinajstić information content (AvgIpc) is 2.45. The van der Waals surface area contributed by atoms with Crippen LogP contribution >= 0.6 is 0 Å². The Labute approximate surface area is 77.4 Å². The lowest BCUT2D eigenvalue weighted by Crippen LogP contribution is -2.35. The molecule has 0 aromatic heterocycles. The van der Waals surface area contributed by atoms with Crippen molar-refractivity contribution in [2.75, 3.05) is 0 Å². The van der Waals surface area contributed by atoms with Gasteiger partial charge in [0.15, 0.2) is 5.41 Å². The number of fused-ring (bicyclic) bond motifs is 2. The molecular formula is C10H13NO2. The highest BCUT2D eigenvalue weighted by Crippen LogP contribution is 2.50. The SMILES string of the molecule is N#CC1(C(=O)O)C[C@@H]2CC[C@@H](C2)C1. The Morgan fingerprint density at radius 2 is 1.92 bits per heavy atom. The van der Waals surface area contributed by atoms with Gasteiger partial charge in [0.2, 0.25) is 0 Å². The number of nitriles is 1. The molecule has 3 atom stereocenters.